The second kappa shape index (κ2) is 9.77. The van der Waals surface area contributed by atoms with E-state index in [9.17, 15) is 13.2 Å². The van der Waals surface area contributed by atoms with E-state index in [1.54, 1.807) is 60.9 Å². The number of amides is 1. The zero-order chi connectivity index (χ0) is 22.6. The summed E-state index contributed by atoms with van der Waals surface area (Å²) >= 11 is 7.43. The van der Waals surface area contributed by atoms with Crippen molar-refractivity contribution < 1.29 is 13.2 Å². The number of fused-ring (bicyclic) bond motifs is 1. The Labute approximate surface area is 195 Å². The first-order chi connectivity index (χ1) is 15.4. The summed E-state index contributed by atoms with van der Waals surface area (Å²) in [4.78, 5) is 23.4. The number of rotatable bonds is 8. The maximum absolute atomic E-state index is 13.2. The fraction of sp³-hybridized carbons (Fsp3) is 0.174. The Hall–Kier alpha value is -2.81. The lowest BCUT2D eigenvalue weighted by molar-refractivity contribution is -0.118. The third-order valence-electron chi connectivity index (χ3n) is 4.79. The molecule has 0 spiro atoms. The van der Waals surface area contributed by atoms with E-state index in [1.807, 2.05) is 12.1 Å². The van der Waals surface area contributed by atoms with Gasteiger partial charge >= 0.3 is 0 Å². The number of aromatic nitrogens is 2. The zero-order valence-corrected chi connectivity index (χ0v) is 19.4. The number of benzene rings is 2. The minimum absolute atomic E-state index is 0.0939. The summed E-state index contributed by atoms with van der Waals surface area (Å²) in [5.74, 6) is -0.639. The smallest absolute Gasteiger partial charge is 0.230 e. The molecule has 0 radical (unpaired) electrons. The number of halogens is 1. The number of pyridine rings is 1. The molecular weight excluding hydrogens is 466 g/mol. The van der Waals surface area contributed by atoms with Crippen molar-refractivity contribution in [1.82, 2.24) is 9.97 Å². The van der Waals surface area contributed by atoms with Gasteiger partial charge in [-0.05, 0) is 35.4 Å². The fourth-order valence-corrected chi connectivity index (χ4v) is 5.81. The number of hydrogen-bond donors (Lipinski definition) is 0. The lowest BCUT2D eigenvalue weighted by Gasteiger charge is -2.20. The molecule has 6 nitrogen and oxygen atoms in total. The van der Waals surface area contributed by atoms with Gasteiger partial charge in [0.2, 0.25) is 5.91 Å². The maximum atomic E-state index is 13.2. The predicted octanol–water partition coefficient (Wildman–Crippen LogP) is 4.88. The summed E-state index contributed by atoms with van der Waals surface area (Å²) in [5, 5.41) is 1.08. The third kappa shape index (κ3) is 5.70. The first kappa shape index (κ1) is 22.4. The lowest BCUT2D eigenvalue weighted by Crippen LogP contribution is -2.32. The SMILES string of the molecule is O=C(CCS(=O)(=O)Cc1ccccc1)N(Cc1cccnc1)c1nc2ccc(Cl)cc2s1. The molecule has 0 aliphatic carbocycles. The van der Waals surface area contributed by atoms with E-state index < -0.39 is 9.84 Å². The molecule has 0 N–H and O–H groups in total. The normalized spacial score (nSPS) is 11.5. The van der Waals surface area contributed by atoms with Crippen molar-refractivity contribution in [3.63, 3.8) is 0 Å². The average Bonchev–Trinajstić information content (AvgIpc) is 3.20. The molecule has 0 fully saturated rings. The van der Waals surface area contributed by atoms with Gasteiger partial charge in [0.05, 0.1) is 28.3 Å². The highest BCUT2D eigenvalue weighted by Crippen LogP contribution is 2.32. The van der Waals surface area contributed by atoms with Crippen molar-refractivity contribution in [2.45, 2.75) is 18.7 Å². The molecule has 0 aliphatic rings. The molecule has 4 aromatic rings. The molecule has 0 aliphatic heterocycles. The van der Waals surface area contributed by atoms with Crippen LogP contribution >= 0.6 is 22.9 Å². The van der Waals surface area contributed by atoms with E-state index in [0.717, 1.165) is 15.8 Å². The number of sulfone groups is 1. The van der Waals surface area contributed by atoms with Gasteiger partial charge in [-0.1, -0.05) is 59.3 Å². The van der Waals surface area contributed by atoms with Gasteiger partial charge in [-0.25, -0.2) is 13.4 Å². The van der Waals surface area contributed by atoms with Crippen LogP contribution in [0, 0.1) is 0 Å². The molecule has 0 saturated carbocycles. The van der Waals surface area contributed by atoms with E-state index in [1.165, 1.54) is 16.2 Å². The molecule has 2 heterocycles. The average molecular weight is 486 g/mol. The Balaban J connectivity index is 1.55. The number of carbonyl (C=O) groups excluding carboxylic acids is 1. The van der Waals surface area contributed by atoms with Crippen LogP contribution in [0.5, 0.6) is 0 Å². The van der Waals surface area contributed by atoms with Gasteiger partial charge in [-0.2, -0.15) is 0 Å². The highest BCUT2D eigenvalue weighted by atomic mass is 35.5. The van der Waals surface area contributed by atoms with E-state index in [4.69, 9.17) is 11.6 Å². The monoisotopic (exact) mass is 485 g/mol. The molecular formula is C23H20ClN3O3S2. The van der Waals surface area contributed by atoms with E-state index in [2.05, 4.69) is 9.97 Å². The highest BCUT2D eigenvalue weighted by Gasteiger charge is 2.23. The van der Waals surface area contributed by atoms with Crippen LogP contribution < -0.4 is 4.90 Å². The van der Waals surface area contributed by atoms with Gasteiger partial charge < -0.3 is 0 Å². The number of nitrogens with zero attached hydrogens (tertiary/aromatic N) is 3. The van der Waals surface area contributed by atoms with Gasteiger partial charge in [0, 0.05) is 23.8 Å². The van der Waals surface area contributed by atoms with Crippen molar-refractivity contribution in [2.24, 2.45) is 0 Å². The van der Waals surface area contributed by atoms with Crippen LogP contribution in [0.1, 0.15) is 17.5 Å². The largest absolute Gasteiger partial charge is 0.284 e. The summed E-state index contributed by atoms with van der Waals surface area (Å²) in [6, 6.07) is 18.0. The summed E-state index contributed by atoms with van der Waals surface area (Å²) in [6.45, 7) is 0.249. The van der Waals surface area contributed by atoms with Crippen LogP contribution in [0.15, 0.2) is 73.1 Å². The van der Waals surface area contributed by atoms with Crippen LogP contribution in [0.3, 0.4) is 0 Å². The summed E-state index contributed by atoms with van der Waals surface area (Å²) in [6.07, 6.45) is 3.20. The highest BCUT2D eigenvalue weighted by molar-refractivity contribution is 7.90. The first-order valence-electron chi connectivity index (χ1n) is 9.89. The van der Waals surface area contributed by atoms with Crippen LogP contribution in [0.2, 0.25) is 5.02 Å². The second-order valence-electron chi connectivity index (χ2n) is 7.28. The lowest BCUT2D eigenvalue weighted by atomic mass is 10.2. The van der Waals surface area contributed by atoms with Crippen molar-refractivity contribution in [2.75, 3.05) is 10.7 Å². The summed E-state index contributed by atoms with van der Waals surface area (Å²) in [5.41, 5.74) is 2.26. The van der Waals surface area contributed by atoms with Crippen molar-refractivity contribution >= 4 is 54.0 Å². The molecule has 164 valence electrons. The molecule has 1 amide bonds. The van der Waals surface area contributed by atoms with Crippen LogP contribution in [0.25, 0.3) is 10.2 Å². The molecule has 0 atom stereocenters. The summed E-state index contributed by atoms with van der Waals surface area (Å²) < 4.78 is 26.0. The number of anilines is 1. The molecule has 4 rings (SSSR count). The zero-order valence-electron chi connectivity index (χ0n) is 17.0. The van der Waals surface area contributed by atoms with Crippen molar-refractivity contribution in [3.8, 4) is 0 Å². The predicted molar refractivity (Wildman–Crippen MR) is 129 cm³/mol. The number of hydrogen-bond acceptors (Lipinski definition) is 6. The Morgan fingerprint density at radius 2 is 1.81 bits per heavy atom. The van der Waals surface area contributed by atoms with E-state index in [0.29, 0.717) is 15.7 Å². The number of thiazole rings is 1. The fourth-order valence-electron chi connectivity index (χ4n) is 3.22. The Morgan fingerprint density at radius 3 is 2.56 bits per heavy atom. The Morgan fingerprint density at radius 1 is 1.03 bits per heavy atom. The number of carbonyl (C=O) groups is 1. The standard InChI is InChI=1S/C23H20ClN3O3S2/c24-19-8-9-20-21(13-19)31-23(26-20)27(15-18-7-4-11-25-14-18)22(28)10-12-32(29,30)16-17-5-2-1-3-6-17/h1-9,11,13-14H,10,12,15-16H2. The van der Waals surface area contributed by atoms with Gasteiger partial charge in [-0.3, -0.25) is 14.7 Å². The van der Waals surface area contributed by atoms with Crippen molar-refractivity contribution in [3.05, 3.63) is 89.2 Å². The third-order valence-corrected chi connectivity index (χ3v) is 7.67. The van der Waals surface area contributed by atoms with E-state index >= 15 is 0 Å². The van der Waals surface area contributed by atoms with Crippen LogP contribution in [-0.2, 0) is 26.9 Å². The molecule has 0 unspecified atom stereocenters. The minimum Gasteiger partial charge on any atom is -0.284 e. The maximum Gasteiger partial charge on any atom is 0.230 e. The quantitative estimate of drug-likeness (QED) is 0.355. The van der Waals surface area contributed by atoms with Crippen LogP contribution in [-0.4, -0.2) is 30.0 Å². The summed E-state index contributed by atoms with van der Waals surface area (Å²) in [7, 11) is -3.44. The van der Waals surface area contributed by atoms with Crippen LogP contribution in [0.4, 0.5) is 5.13 Å². The van der Waals surface area contributed by atoms with Gasteiger partial charge in [-0.15, -0.1) is 0 Å². The minimum atomic E-state index is -3.44. The second-order valence-corrected chi connectivity index (χ2v) is 10.9. The topological polar surface area (TPSA) is 80.2 Å². The Kier molecular flexibility index (Phi) is 6.83. The Bertz CT molecular complexity index is 1330. The van der Waals surface area contributed by atoms with Gasteiger partial charge in [0.25, 0.3) is 0 Å². The molecule has 2 aromatic carbocycles. The molecule has 32 heavy (non-hydrogen) atoms. The van der Waals surface area contributed by atoms with E-state index in [-0.39, 0.29) is 30.4 Å². The molecule has 9 heteroatoms. The molecule has 0 bridgehead atoms. The molecule has 0 saturated heterocycles. The molecule has 2 aromatic heterocycles. The first-order valence-corrected chi connectivity index (χ1v) is 12.9. The van der Waals surface area contributed by atoms with Crippen molar-refractivity contribution in [1.29, 1.82) is 0 Å². The van der Waals surface area contributed by atoms with Gasteiger partial charge in [0.1, 0.15) is 0 Å². The van der Waals surface area contributed by atoms with Gasteiger partial charge in [0.15, 0.2) is 15.0 Å².